The number of aromatic nitrogens is 1. The summed E-state index contributed by atoms with van der Waals surface area (Å²) in [4.78, 5) is 17.9. The van der Waals surface area contributed by atoms with Crippen LogP contribution >= 0.6 is 23.2 Å². The SMILES string of the molecule is O=C(CCCCn1cc(-c2ccccc2)c2cc(CN3CC4CC3CN4Cc3c(Cl)cccc3Cl)ccc21)C1CCCCN1. The van der Waals surface area contributed by atoms with E-state index < -0.39 is 0 Å². The van der Waals surface area contributed by atoms with E-state index in [1.54, 1.807) is 0 Å². The Labute approximate surface area is 271 Å². The largest absolute Gasteiger partial charge is 0.347 e. The number of rotatable bonds is 11. The fraction of sp³-hybridized carbons (Fsp3) is 0.432. The van der Waals surface area contributed by atoms with Gasteiger partial charge in [-0.3, -0.25) is 14.6 Å². The molecule has 3 fully saturated rings. The van der Waals surface area contributed by atoms with E-state index in [1.807, 2.05) is 18.2 Å². The van der Waals surface area contributed by atoms with Crippen molar-refractivity contribution in [1.29, 1.82) is 0 Å². The van der Waals surface area contributed by atoms with E-state index in [2.05, 4.69) is 74.4 Å². The number of hydrogen-bond acceptors (Lipinski definition) is 4. The Bertz CT molecular complexity index is 1590. The lowest BCUT2D eigenvalue weighted by Crippen LogP contribution is -2.45. The van der Waals surface area contributed by atoms with Gasteiger partial charge in [-0.05, 0) is 74.0 Å². The highest BCUT2D eigenvalue weighted by atomic mass is 35.5. The highest BCUT2D eigenvalue weighted by Crippen LogP contribution is 2.37. The molecule has 230 valence electrons. The van der Waals surface area contributed by atoms with Gasteiger partial charge in [-0.15, -0.1) is 0 Å². The zero-order chi connectivity index (χ0) is 30.0. The van der Waals surface area contributed by atoms with Crippen molar-refractivity contribution >= 4 is 39.9 Å². The number of likely N-dealkylation sites (tertiary alicyclic amines) is 2. The predicted octanol–water partition coefficient (Wildman–Crippen LogP) is 7.96. The van der Waals surface area contributed by atoms with E-state index >= 15 is 0 Å². The maximum absolute atomic E-state index is 12.7. The first-order valence-corrected chi connectivity index (χ1v) is 17.1. The van der Waals surface area contributed by atoms with Crippen LogP contribution in [0.4, 0.5) is 0 Å². The number of nitrogens with one attached hydrogen (secondary N) is 1. The number of piperazine rings is 1. The number of unbranched alkanes of at least 4 members (excludes halogenated alkanes) is 1. The van der Waals surface area contributed by atoms with Gasteiger partial charge in [0.1, 0.15) is 5.78 Å². The molecule has 3 unspecified atom stereocenters. The van der Waals surface area contributed by atoms with Crippen LogP contribution in [0.5, 0.6) is 0 Å². The van der Waals surface area contributed by atoms with Gasteiger partial charge in [-0.1, -0.05) is 72.1 Å². The first-order valence-electron chi connectivity index (χ1n) is 16.4. The summed E-state index contributed by atoms with van der Waals surface area (Å²) in [5.74, 6) is 0.392. The standard InChI is InChI=1S/C37H42Cl2N4O/c38-33-11-8-12-34(39)32(33)25-43-23-28-20-29(43)22-42(28)21-26-15-16-36-30(19-26)31(27-9-2-1-3-10-27)24-41(36)18-7-5-14-37(44)35-13-4-6-17-40-35/h1-3,8-12,15-16,19,24,28-29,35,40H,4-7,13-14,17-18,20-23,25H2. The first-order chi connectivity index (χ1) is 21.5. The quantitative estimate of drug-likeness (QED) is 0.171. The third-order valence-electron chi connectivity index (χ3n) is 10.1. The number of carbonyl (C=O) groups excluding carboxylic acids is 1. The number of ketones is 1. The van der Waals surface area contributed by atoms with Crippen LogP contribution in [-0.2, 0) is 24.4 Å². The van der Waals surface area contributed by atoms with Crippen molar-refractivity contribution in [3.63, 3.8) is 0 Å². The molecule has 0 aliphatic carbocycles. The maximum atomic E-state index is 12.7. The monoisotopic (exact) mass is 628 g/mol. The van der Waals surface area contributed by atoms with Gasteiger partial charge in [0.2, 0.25) is 0 Å². The molecule has 0 saturated carbocycles. The van der Waals surface area contributed by atoms with Crippen molar-refractivity contribution < 1.29 is 4.79 Å². The minimum atomic E-state index is 0.0778. The molecule has 3 aromatic carbocycles. The molecule has 4 aromatic rings. The Morgan fingerprint density at radius 2 is 1.64 bits per heavy atom. The molecule has 44 heavy (non-hydrogen) atoms. The molecule has 0 amide bonds. The van der Waals surface area contributed by atoms with Crippen LogP contribution in [0.1, 0.15) is 56.1 Å². The van der Waals surface area contributed by atoms with E-state index in [4.69, 9.17) is 23.2 Å². The van der Waals surface area contributed by atoms with Crippen molar-refractivity contribution in [2.24, 2.45) is 0 Å². The minimum Gasteiger partial charge on any atom is -0.347 e. The lowest BCUT2D eigenvalue weighted by atomic mass is 9.98. The molecule has 0 radical (unpaired) electrons. The van der Waals surface area contributed by atoms with E-state index in [0.29, 0.717) is 24.3 Å². The fourth-order valence-corrected chi connectivity index (χ4v) is 8.21. The Morgan fingerprint density at radius 1 is 0.864 bits per heavy atom. The zero-order valence-corrected chi connectivity index (χ0v) is 26.9. The van der Waals surface area contributed by atoms with Gasteiger partial charge < -0.3 is 9.88 Å². The van der Waals surface area contributed by atoms with E-state index in [0.717, 1.165) is 74.1 Å². The topological polar surface area (TPSA) is 40.5 Å². The average molecular weight is 630 g/mol. The Kier molecular flexibility index (Phi) is 9.11. The van der Waals surface area contributed by atoms with Gasteiger partial charge in [0.05, 0.1) is 6.04 Å². The summed E-state index contributed by atoms with van der Waals surface area (Å²) in [6, 6.07) is 24.8. The van der Waals surface area contributed by atoms with Crippen LogP contribution in [0.25, 0.3) is 22.0 Å². The molecule has 7 rings (SSSR count). The van der Waals surface area contributed by atoms with Gasteiger partial charge in [0, 0.05) is 89.5 Å². The van der Waals surface area contributed by atoms with Crippen molar-refractivity contribution in [2.45, 2.75) is 82.7 Å². The average Bonchev–Trinajstić information content (AvgIpc) is 3.74. The summed E-state index contributed by atoms with van der Waals surface area (Å²) in [6.07, 6.45) is 9.50. The summed E-state index contributed by atoms with van der Waals surface area (Å²) < 4.78 is 2.40. The third-order valence-corrected chi connectivity index (χ3v) is 10.8. The van der Waals surface area contributed by atoms with E-state index in [9.17, 15) is 4.79 Å². The molecular formula is C37H42Cl2N4O. The number of aryl methyl sites for hydroxylation is 1. The highest BCUT2D eigenvalue weighted by Gasteiger charge is 2.43. The number of hydrogen-bond donors (Lipinski definition) is 1. The Morgan fingerprint density at radius 3 is 2.36 bits per heavy atom. The number of carbonyl (C=O) groups is 1. The molecule has 3 atom stereocenters. The summed E-state index contributed by atoms with van der Waals surface area (Å²) in [7, 11) is 0. The number of piperidine rings is 1. The van der Waals surface area contributed by atoms with Crippen LogP contribution in [0.3, 0.4) is 0 Å². The molecule has 7 heteroatoms. The smallest absolute Gasteiger partial charge is 0.149 e. The fourth-order valence-electron chi connectivity index (χ4n) is 7.70. The van der Waals surface area contributed by atoms with E-state index in [1.165, 1.54) is 46.9 Å². The second-order valence-electron chi connectivity index (χ2n) is 13.0. The number of benzene rings is 3. The molecule has 3 saturated heterocycles. The van der Waals surface area contributed by atoms with Gasteiger partial charge in [0.25, 0.3) is 0 Å². The molecular weight excluding hydrogens is 587 g/mol. The minimum absolute atomic E-state index is 0.0778. The number of halogens is 2. The van der Waals surface area contributed by atoms with Gasteiger partial charge in [-0.2, -0.15) is 0 Å². The number of fused-ring (bicyclic) bond motifs is 3. The van der Waals surface area contributed by atoms with Crippen LogP contribution in [0.2, 0.25) is 10.0 Å². The molecule has 1 N–H and O–H groups in total. The van der Waals surface area contributed by atoms with Crippen molar-refractivity contribution in [1.82, 2.24) is 19.7 Å². The lowest BCUT2D eigenvalue weighted by molar-refractivity contribution is -0.121. The van der Waals surface area contributed by atoms with Gasteiger partial charge >= 0.3 is 0 Å². The zero-order valence-electron chi connectivity index (χ0n) is 25.4. The van der Waals surface area contributed by atoms with Crippen molar-refractivity contribution in [3.8, 4) is 11.1 Å². The molecule has 2 bridgehead atoms. The second kappa shape index (κ2) is 13.4. The highest BCUT2D eigenvalue weighted by molar-refractivity contribution is 6.36. The van der Waals surface area contributed by atoms with Crippen LogP contribution in [0.15, 0.2) is 72.9 Å². The Hall–Kier alpha value is -2.67. The van der Waals surface area contributed by atoms with Gasteiger partial charge in [-0.25, -0.2) is 0 Å². The summed E-state index contributed by atoms with van der Waals surface area (Å²) in [5, 5.41) is 6.25. The molecule has 3 aliphatic rings. The van der Waals surface area contributed by atoms with Crippen LogP contribution in [-0.4, -0.2) is 57.9 Å². The molecule has 5 nitrogen and oxygen atoms in total. The number of nitrogens with zero attached hydrogens (tertiary/aromatic N) is 3. The van der Waals surface area contributed by atoms with Crippen LogP contribution in [0, 0.1) is 0 Å². The first kappa shape index (κ1) is 30.0. The summed E-state index contributed by atoms with van der Waals surface area (Å²) in [6.45, 7) is 5.82. The third kappa shape index (κ3) is 6.36. The van der Waals surface area contributed by atoms with E-state index in [-0.39, 0.29) is 6.04 Å². The van der Waals surface area contributed by atoms with Crippen molar-refractivity contribution in [3.05, 3.63) is 94.1 Å². The molecule has 0 spiro atoms. The molecule has 3 aliphatic heterocycles. The maximum Gasteiger partial charge on any atom is 0.149 e. The number of Topliss-reactive ketones (excluding diaryl/α,β-unsaturated/α-hetero) is 1. The lowest BCUT2D eigenvalue weighted by Gasteiger charge is -2.34. The van der Waals surface area contributed by atoms with Crippen molar-refractivity contribution in [2.75, 3.05) is 19.6 Å². The van der Waals surface area contributed by atoms with Crippen LogP contribution < -0.4 is 5.32 Å². The second-order valence-corrected chi connectivity index (χ2v) is 13.8. The normalized spacial score (nSPS) is 22.3. The molecule has 1 aromatic heterocycles. The Balaban J connectivity index is 1.03. The summed E-state index contributed by atoms with van der Waals surface area (Å²) in [5.41, 5.74) is 6.23. The van der Waals surface area contributed by atoms with Gasteiger partial charge in [0.15, 0.2) is 0 Å². The summed E-state index contributed by atoms with van der Waals surface area (Å²) >= 11 is 13.0. The predicted molar refractivity (Wildman–Crippen MR) is 181 cm³/mol. The molecule has 4 heterocycles.